The van der Waals surface area contributed by atoms with E-state index >= 15 is 0 Å². The highest BCUT2D eigenvalue weighted by atomic mass is 35.5. The molecule has 2 aromatic rings. The van der Waals surface area contributed by atoms with Crippen LogP contribution in [0.15, 0.2) is 42.5 Å². The molecule has 27 heavy (non-hydrogen) atoms. The van der Waals surface area contributed by atoms with Crippen LogP contribution in [0.2, 0.25) is 10.0 Å². The van der Waals surface area contributed by atoms with E-state index in [4.69, 9.17) is 23.2 Å². The van der Waals surface area contributed by atoms with Crippen LogP contribution in [0.4, 0.5) is 10.5 Å². The van der Waals surface area contributed by atoms with Gasteiger partial charge in [0.05, 0.1) is 0 Å². The van der Waals surface area contributed by atoms with Gasteiger partial charge in [-0.3, -0.25) is 4.79 Å². The monoisotopic (exact) mass is 405 g/mol. The fraction of sp³-hybridized carbons (Fsp3) is 0.300. The van der Waals surface area contributed by atoms with E-state index in [-0.39, 0.29) is 17.9 Å². The lowest BCUT2D eigenvalue weighted by atomic mass is 10.2. The number of hydrogen-bond acceptors (Lipinski definition) is 2. The Morgan fingerprint density at radius 3 is 2.63 bits per heavy atom. The Morgan fingerprint density at radius 2 is 1.93 bits per heavy atom. The molecule has 0 radical (unpaired) electrons. The van der Waals surface area contributed by atoms with Gasteiger partial charge in [0.1, 0.15) is 0 Å². The van der Waals surface area contributed by atoms with E-state index in [0.717, 1.165) is 29.7 Å². The Labute approximate surface area is 168 Å². The molecule has 1 fully saturated rings. The van der Waals surface area contributed by atoms with Gasteiger partial charge in [-0.15, -0.1) is 0 Å². The first kappa shape index (κ1) is 19.5. The fourth-order valence-electron chi connectivity index (χ4n) is 2.64. The lowest BCUT2D eigenvalue weighted by Gasteiger charge is -2.19. The molecule has 0 saturated heterocycles. The number of halogens is 2. The minimum Gasteiger partial charge on any atom is -0.334 e. The number of carbonyl (C=O) groups excluding carboxylic acids is 2. The van der Waals surface area contributed by atoms with Crippen molar-refractivity contribution < 1.29 is 9.59 Å². The van der Waals surface area contributed by atoms with Gasteiger partial charge in [0, 0.05) is 41.8 Å². The Hall–Kier alpha value is -2.24. The first-order valence-electron chi connectivity index (χ1n) is 8.75. The Bertz CT molecular complexity index is 853. The van der Waals surface area contributed by atoms with Crippen LogP contribution in [0.1, 0.15) is 24.0 Å². The molecular formula is C20H21Cl2N3O2. The maximum atomic E-state index is 12.3. The molecule has 5 nitrogen and oxygen atoms in total. The van der Waals surface area contributed by atoms with Gasteiger partial charge in [-0.2, -0.15) is 0 Å². The summed E-state index contributed by atoms with van der Waals surface area (Å²) in [7, 11) is 1.70. The average molecular weight is 406 g/mol. The minimum absolute atomic E-state index is 0.0655. The van der Waals surface area contributed by atoms with Gasteiger partial charge in [0.15, 0.2) is 0 Å². The largest absolute Gasteiger partial charge is 0.334 e. The summed E-state index contributed by atoms with van der Waals surface area (Å²) in [5, 5.41) is 6.87. The lowest BCUT2D eigenvalue weighted by Crippen LogP contribution is -2.36. The van der Waals surface area contributed by atoms with Crippen LogP contribution in [-0.2, 0) is 17.9 Å². The van der Waals surface area contributed by atoms with Crippen molar-refractivity contribution in [1.82, 2.24) is 10.2 Å². The quantitative estimate of drug-likeness (QED) is 0.732. The number of carbonyl (C=O) groups is 2. The van der Waals surface area contributed by atoms with Crippen LogP contribution in [0.5, 0.6) is 0 Å². The number of hydrogen-bond donors (Lipinski definition) is 2. The van der Waals surface area contributed by atoms with Crippen LogP contribution < -0.4 is 10.6 Å². The standard InChI is InChI=1S/C20H21Cl2N3O2/c1-25(12-15-7-8-16(21)10-18(15)22)20(27)23-11-13-3-2-4-17(9-13)24-19(26)14-5-6-14/h2-4,7-10,14H,5-6,11-12H2,1H3,(H,23,27)(H,24,26). The number of urea groups is 1. The van der Waals surface area contributed by atoms with Crippen molar-refractivity contribution in [2.75, 3.05) is 12.4 Å². The van der Waals surface area contributed by atoms with Crippen molar-refractivity contribution in [3.63, 3.8) is 0 Å². The van der Waals surface area contributed by atoms with E-state index in [1.54, 1.807) is 30.1 Å². The zero-order chi connectivity index (χ0) is 19.4. The molecule has 0 aliphatic heterocycles. The third-order valence-electron chi connectivity index (χ3n) is 4.36. The van der Waals surface area contributed by atoms with Gasteiger partial charge in [-0.05, 0) is 48.2 Å². The smallest absolute Gasteiger partial charge is 0.317 e. The molecule has 1 aliphatic rings. The highest BCUT2D eigenvalue weighted by Crippen LogP contribution is 2.30. The molecule has 0 spiro atoms. The van der Waals surface area contributed by atoms with Gasteiger partial charge in [0.2, 0.25) is 5.91 Å². The summed E-state index contributed by atoms with van der Waals surface area (Å²) in [6.45, 7) is 0.740. The van der Waals surface area contributed by atoms with E-state index in [9.17, 15) is 9.59 Å². The van der Waals surface area contributed by atoms with E-state index in [0.29, 0.717) is 23.1 Å². The predicted molar refractivity (Wildman–Crippen MR) is 108 cm³/mol. The molecule has 3 amide bonds. The molecule has 3 rings (SSSR count). The third-order valence-corrected chi connectivity index (χ3v) is 4.94. The average Bonchev–Trinajstić information content (AvgIpc) is 3.47. The predicted octanol–water partition coefficient (Wildman–Crippen LogP) is 4.68. The SMILES string of the molecule is CN(Cc1ccc(Cl)cc1Cl)C(=O)NCc1cccc(NC(=O)C2CC2)c1. The maximum Gasteiger partial charge on any atom is 0.317 e. The van der Waals surface area contributed by atoms with Crippen molar-refractivity contribution >= 4 is 40.8 Å². The Morgan fingerprint density at radius 1 is 1.15 bits per heavy atom. The number of benzene rings is 2. The summed E-state index contributed by atoms with van der Waals surface area (Å²) < 4.78 is 0. The second-order valence-corrected chi connectivity index (χ2v) is 7.56. The highest BCUT2D eigenvalue weighted by molar-refractivity contribution is 6.35. The summed E-state index contributed by atoms with van der Waals surface area (Å²) in [6.07, 6.45) is 1.93. The number of nitrogens with one attached hydrogen (secondary N) is 2. The number of amides is 3. The van der Waals surface area contributed by atoms with E-state index < -0.39 is 0 Å². The first-order chi connectivity index (χ1) is 12.9. The molecule has 1 saturated carbocycles. The molecular weight excluding hydrogens is 385 g/mol. The van der Waals surface area contributed by atoms with Crippen LogP contribution in [-0.4, -0.2) is 23.9 Å². The molecule has 0 unspecified atom stereocenters. The molecule has 2 N–H and O–H groups in total. The fourth-order valence-corrected chi connectivity index (χ4v) is 3.11. The van der Waals surface area contributed by atoms with Gasteiger partial charge in [0.25, 0.3) is 0 Å². The second kappa shape index (κ2) is 8.63. The zero-order valence-electron chi connectivity index (χ0n) is 15.0. The van der Waals surface area contributed by atoms with Crippen molar-refractivity contribution in [3.05, 3.63) is 63.6 Å². The van der Waals surface area contributed by atoms with E-state index in [1.165, 1.54) is 0 Å². The van der Waals surface area contributed by atoms with Gasteiger partial charge in [-0.25, -0.2) is 4.79 Å². The molecule has 142 valence electrons. The molecule has 0 aromatic heterocycles. The number of rotatable bonds is 6. The number of nitrogens with zero attached hydrogens (tertiary/aromatic N) is 1. The van der Waals surface area contributed by atoms with Crippen molar-refractivity contribution in [2.24, 2.45) is 5.92 Å². The van der Waals surface area contributed by atoms with Gasteiger partial charge >= 0.3 is 6.03 Å². The molecule has 2 aromatic carbocycles. The van der Waals surface area contributed by atoms with Crippen LogP contribution in [0.3, 0.4) is 0 Å². The third kappa shape index (κ3) is 5.62. The summed E-state index contributed by atoms with van der Waals surface area (Å²) in [5.74, 6) is 0.220. The zero-order valence-corrected chi connectivity index (χ0v) is 16.5. The minimum atomic E-state index is -0.214. The second-order valence-electron chi connectivity index (χ2n) is 6.71. The maximum absolute atomic E-state index is 12.3. The highest BCUT2D eigenvalue weighted by Gasteiger charge is 2.29. The molecule has 0 atom stereocenters. The summed E-state index contributed by atoms with van der Waals surface area (Å²) in [4.78, 5) is 25.7. The van der Waals surface area contributed by atoms with Crippen LogP contribution in [0.25, 0.3) is 0 Å². The van der Waals surface area contributed by atoms with Gasteiger partial charge < -0.3 is 15.5 Å². The Kier molecular flexibility index (Phi) is 6.24. The normalized spacial score (nSPS) is 13.1. The van der Waals surface area contributed by atoms with Gasteiger partial charge in [-0.1, -0.05) is 41.4 Å². The molecule has 7 heteroatoms. The number of anilines is 1. The molecule has 0 heterocycles. The van der Waals surface area contributed by atoms with E-state index in [2.05, 4.69) is 10.6 Å². The summed E-state index contributed by atoms with van der Waals surface area (Å²) >= 11 is 12.1. The Balaban J connectivity index is 1.52. The lowest BCUT2D eigenvalue weighted by molar-refractivity contribution is -0.117. The topological polar surface area (TPSA) is 61.4 Å². The summed E-state index contributed by atoms with van der Waals surface area (Å²) in [5.41, 5.74) is 2.48. The molecule has 0 bridgehead atoms. The van der Waals surface area contributed by atoms with Crippen molar-refractivity contribution in [1.29, 1.82) is 0 Å². The van der Waals surface area contributed by atoms with Crippen molar-refractivity contribution in [2.45, 2.75) is 25.9 Å². The summed E-state index contributed by atoms with van der Waals surface area (Å²) in [6, 6.07) is 12.5. The van der Waals surface area contributed by atoms with Crippen LogP contribution in [0, 0.1) is 5.92 Å². The first-order valence-corrected chi connectivity index (χ1v) is 9.50. The van der Waals surface area contributed by atoms with Crippen LogP contribution >= 0.6 is 23.2 Å². The van der Waals surface area contributed by atoms with E-state index in [1.807, 2.05) is 24.3 Å². The molecule has 1 aliphatic carbocycles. The van der Waals surface area contributed by atoms with Crippen molar-refractivity contribution in [3.8, 4) is 0 Å².